The Kier molecular flexibility index (Phi) is 7.76. The fourth-order valence-corrected chi connectivity index (χ4v) is 6.49. The average molecular weight is 537 g/mol. The molecule has 0 bridgehead atoms. The molecule has 0 spiro atoms. The second kappa shape index (κ2) is 10.8. The third-order valence-electron chi connectivity index (χ3n) is 6.55. The molecule has 0 radical (unpaired) electrons. The molecule has 0 saturated heterocycles. The van der Waals surface area contributed by atoms with Crippen molar-refractivity contribution in [3.05, 3.63) is 67.0 Å². The summed E-state index contributed by atoms with van der Waals surface area (Å²) < 4.78 is 5.37. The van der Waals surface area contributed by atoms with Crippen LogP contribution in [0.15, 0.2) is 35.8 Å². The van der Waals surface area contributed by atoms with Crippen molar-refractivity contribution >= 4 is 44.9 Å². The quantitative estimate of drug-likeness (QED) is 0.148. The monoisotopic (exact) mass is 536 g/mol. The molecule has 0 aliphatic heterocycles. The first kappa shape index (κ1) is 26.5. The van der Waals surface area contributed by atoms with E-state index >= 15 is 0 Å². The summed E-state index contributed by atoms with van der Waals surface area (Å²) in [6, 6.07) is 8.31. The number of hydrogen-bond acceptors (Lipinski definition) is 9. The Morgan fingerprint density at radius 1 is 1.35 bits per heavy atom. The van der Waals surface area contributed by atoms with Gasteiger partial charge in [0.25, 0.3) is 5.69 Å². The van der Waals surface area contributed by atoms with Gasteiger partial charge in [0, 0.05) is 34.2 Å². The summed E-state index contributed by atoms with van der Waals surface area (Å²) in [7, 11) is 0. The highest BCUT2D eigenvalue weighted by Gasteiger charge is 2.34. The second-order valence-electron chi connectivity index (χ2n) is 9.89. The standard InChI is InChI=1S/C27H28N4O4S2/c1-5-35-26(32)23-20-11-8-18(27(2,3)4)12-22(20)37-25(23)29-14-17(13-28)24-30-21(15-36-24)16-6-9-19(10-7-16)31(33)34/h6-7,9-10,14-15,18,29H,5,8,11-12H2,1-4H3/b17-14+. The first-order valence-electron chi connectivity index (χ1n) is 12.0. The maximum atomic E-state index is 12.9. The number of carbonyl (C=O) groups excluding carboxylic acids is 1. The van der Waals surface area contributed by atoms with Crippen molar-refractivity contribution in [3.8, 4) is 17.3 Å². The number of nitriles is 1. The minimum Gasteiger partial charge on any atom is -0.462 e. The van der Waals surface area contributed by atoms with Crippen LogP contribution in [0.4, 0.5) is 10.7 Å². The van der Waals surface area contributed by atoms with Crippen molar-refractivity contribution in [1.82, 2.24) is 4.98 Å². The van der Waals surface area contributed by atoms with E-state index in [9.17, 15) is 20.2 Å². The maximum absolute atomic E-state index is 12.9. The van der Waals surface area contributed by atoms with Gasteiger partial charge in [0.15, 0.2) is 0 Å². The van der Waals surface area contributed by atoms with Crippen LogP contribution in [0.1, 0.15) is 59.9 Å². The van der Waals surface area contributed by atoms with Crippen molar-refractivity contribution < 1.29 is 14.5 Å². The number of benzene rings is 1. The topological polar surface area (TPSA) is 118 Å². The van der Waals surface area contributed by atoms with Gasteiger partial charge in [0.1, 0.15) is 21.7 Å². The van der Waals surface area contributed by atoms with Gasteiger partial charge in [-0.15, -0.1) is 22.7 Å². The maximum Gasteiger partial charge on any atom is 0.341 e. The molecule has 0 amide bonds. The Balaban J connectivity index is 1.61. The molecule has 1 aliphatic rings. The van der Waals surface area contributed by atoms with Crippen LogP contribution in [0.5, 0.6) is 0 Å². The molecular weight excluding hydrogens is 508 g/mol. The van der Waals surface area contributed by atoms with Gasteiger partial charge in [0.05, 0.1) is 22.8 Å². The van der Waals surface area contributed by atoms with Gasteiger partial charge >= 0.3 is 5.97 Å². The zero-order valence-corrected chi connectivity index (χ0v) is 22.8. The zero-order chi connectivity index (χ0) is 26.7. The molecule has 192 valence electrons. The molecule has 1 atom stereocenters. The summed E-state index contributed by atoms with van der Waals surface area (Å²) in [6.45, 7) is 8.84. The van der Waals surface area contributed by atoms with Crippen molar-refractivity contribution in [3.63, 3.8) is 0 Å². The average Bonchev–Trinajstić information content (AvgIpc) is 3.49. The van der Waals surface area contributed by atoms with Gasteiger partial charge in [-0.2, -0.15) is 5.26 Å². The first-order chi connectivity index (χ1) is 17.6. The minimum absolute atomic E-state index is 0.00545. The van der Waals surface area contributed by atoms with E-state index in [0.29, 0.717) is 32.8 Å². The molecule has 2 heterocycles. The number of aromatic nitrogens is 1. The van der Waals surface area contributed by atoms with Crippen LogP contribution < -0.4 is 5.32 Å². The Morgan fingerprint density at radius 2 is 2.08 bits per heavy atom. The van der Waals surface area contributed by atoms with Crippen molar-refractivity contribution in [2.24, 2.45) is 11.3 Å². The summed E-state index contributed by atoms with van der Waals surface area (Å²) in [4.78, 5) is 29.1. The summed E-state index contributed by atoms with van der Waals surface area (Å²) in [6.07, 6.45) is 4.34. The highest BCUT2D eigenvalue weighted by atomic mass is 32.1. The summed E-state index contributed by atoms with van der Waals surface area (Å²) in [5.74, 6) is 0.179. The summed E-state index contributed by atoms with van der Waals surface area (Å²) >= 11 is 2.86. The number of allylic oxidation sites excluding steroid dienone is 1. The molecule has 3 aromatic rings. The van der Waals surface area contributed by atoms with E-state index in [1.807, 2.05) is 5.38 Å². The number of fused-ring (bicyclic) bond motifs is 1. The number of carbonyl (C=O) groups is 1. The van der Waals surface area contributed by atoms with E-state index in [4.69, 9.17) is 4.74 Å². The third-order valence-corrected chi connectivity index (χ3v) is 8.61. The predicted molar refractivity (Wildman–Crippen MR) is 147 cm³/mol. The van der Waals surface area contributed by atoms with Crippen LogP contribution >= 0.6 is 22.7 Å². The van der Waals surface area contributed by atoms with Crippen LogP contribution in [-0.4, -0.2) is 22.5 Å². The molecule has 1 unspecified atom stereocenters. The molecule has 1 N–H and O–H groups in total. The number of ether oxygens (including phenoxy) is 1. The largest absolute Gasteiger partial charge is 0.462 e. The lowest BCUT2D eigenvalue weighted by Gasteiger charge is -2.33. The number of nitro benzene ring substituents is 1. The molecule has 0 fully saturated rings. The highest BCUT2D eigenvalue weighted by Crippen LogP contribution is 2.44. The summed E-state index contributed by atoms with van der Waals surface area (Å²) in [5.41, 5.74) is 3.48. The fraction of sp³-hybridized carbons (Fsp3) is 0.370. The normalized spacial score (nSPS) is 15.5. The van der Waals surface area contributed by atoms with Gasteiger partial charge in [-0.25, -0.2) is 9.78 Å². The van der Waals surface area contributed by atoms with Crippen LogP contribution in [0.3, 0.4) is 0 Å². The van der Waals surface area contributed by atoms with E-state index < -0.39 is 4.92 Å². The van der Waals surface area contributed by atoms with Crippen molar-refractivity contribution in [2.45, 2.75) is 47.0 Å². The van der Waals surface area contributed by atoms with Gasteiger partial charge in [-0.3, -0.25) is 10.1 Å². The number of nitro groups is 1. The fourth-order valence-electron chi connectivity index (χ4n) is 4.41. The number of nitrogens with one attached hydrogen (secondary N) is 1. The van der Waals surface area contributed by atoms with E-state index in [1.54, 1.807) is 36.6 Å². The number of non-ortho nitro benzene ring substituents is 1. The third kappa shape index (κ3) is 5.73. The Bertz CT molecular complexity index is 1390. The number of thiophene rings is 1. The molecule has 2 aromatic heterocycles. The first-order valence-corrected chi connectivity index (χ1v) is 13.7. The number of thiazole rings is 1. The van der Waals surface area contributed by atoms with Crippen LogP contribution in [-0.2, 0) is 17.6 Å². The molecule has 37 heavy (non-hydrogen) atoms. The van der Waals surface area contributed by atoms with E-state index in [-0.39, 0.29) is 23.7 Å². The molecule has 1 aliphatic carbocycles. The van der Waals surface area contributed by atoms with E-state index in [1.165, 1.54) is 28.3 Å². The minimum atomic E-state index is -0.450. The predicted octanol–water partition coefficient (Wildman–Crippen LogP) is 7.08. The Labute approximate surface area is 223 Å². The van der Waals surface area contributed by atoms with Gasteiger partial charge in [-0.1, -0.05) is 20.8 Å². The van der Waals surface area contributed by atoms with E-state index in [2.05, 4.69) is 37.1 Å². The zero-order valence-electron chi connectivity index (χ0n) is 21.2. The molecule has 1 aromatic carbocycles. The van der Waals surface area contributed by atoms with Crippen LogP contribution in [0, 0.1) is 32.8 Å². The van der Waals surface area contributed by atoms with E-state index in [0.717, 1.165) is 30.4 Å². The van der Waals surface area contributed by atoms with Crippen molar-refractivity contribution in [1.29, 1.82) is 5.26 Å². The van der Waals surface area contributed by atoms with Crippen molar-refractivity contribution in [2.75, 3.05) is 11.9 Å². The number of rotatable bonds is 7. The number of nitrogens with zero attached hydrogens (tertiary/aromatic N) is 3. The Morgan fingerprint density at radius 3 is 2.70 bits per heavy atom. The molecule has 4 rings (SSSR count). The SMILES string of the molecule is CCOC(=O)c1c(N/C=C(\C#N)c2nc(-c3ccc([N+](=O)[O-])cc3)cs2)sc2c1CCC(C(C)(C)C)C2. The molecule has 0 saturated carbocycles. The van der Waals surface area contributed by atoms with Gasteiger partial charge in [0.2, 0.25) is 0 Å². The Hall–Kier alpha value is -3.55. The summed E-state index contributed by atoms with van der Waals surface area (Å²) in [5, 5.41) is 26.9. The lowest BCUT2D eigenvalue weighted by molar-refractivity contribution is -0.384. The smallest absolute Gasteiger partial charge is 0.341 e. The lowest BCUT2D eigenvalue weighted by atomic mass is 9.72. The van der Waals surface area contributed by atoms with Gasteiger partial charge < -0.3 is 10.1 Å². The highest BCUT2D eigenvalue weighted by molar-refractivity contribution is 7.16. The number of hydrogen-bond donors (Lipinski definition) is 1. The second-order valence-corrected chi connectivity index (χ2v) is 11.9. The molecular formula is C27H28N4O4S2. The van der Waals surface area contributed by atoms with Gasteiger partial charge in [-0.05, 0) is 55.2 Å². The van der Waals surface area contributed by atoms with Crippen LogP contribution in [0.25, 0.3) is 16.8 Å². The molecule has 10 heteroatoms. The number of anilines is 1. The number of esters is 1. The lowest BCUT2D eigenvalue weighted by Crippen LogP contribution is -2.26. The van der Waals surface area contributed by atoms with Crippen LogP contribution in [0.2, 0.25) is 0 Å². The molecule has 8 nitrogen and oxygen atoms in total.